The van der Waals surface area contributed by atoms with Crippen LogP contribution in [0.25, 0.3) is 11.3 Å². The highest BCUT2D eigenvalue weighted by molar-refractivity contribution is 6.17. The lowest BCUT2D eigenvalue weighted by Crippen LogP contribution is -2.28. The number of aryl methyl sites for hydroxylation is 1. The van der Waals surface area contributed by atoms with Crippen molar-refractivity contribution < 1.29 is 0 Å². The van der Waals surface area contributed by atoms with Crippen molar-refractivity contribution in [1.82, 2.24) is 9.78 Å². The van der Waals surface area contributed by atoms with Gasteiger partial charge in [0.05, 0.1) is 11.6 Å². The van der Waals surface area contributed by atoms with Gasteiger partial charge in [-0.25, -0.2) is 4.68 Å². The van der Waals surface area contributed by atoms with Crippen molar-refractivity contribution in [3.63, 3.8) is 0 Å². The van der Waals surface area contributed by atoms with Crippen LogP contribution < -0.4 is 5.56 Å². The van der Waals surface area contributed by atoms with Crippen LogP contribution in [0.5, 0.6) is 0 Å². The first-order valence-electron chi connectivity index (χ1n) is 7.31. The third kappa shape index (κ3) is 3.73. The largest absolute Gasteiger partial charge is 0.271 e. The minimum atomic E-state index is -0.0902. The molecule has 0 saturated carbocycles. The minimum Gasteiger partial charge on any atom is -0.267 e. The van der Waals surface area contributed by atoms with E-state index in [9.17, 15) is 4.79 Å². The van der Waals surface area contributed by atoms with Crippen LogP contribution in [-0.4, -0.2) is 9.78 Å². The summed E-state index contributed by atoms with van der Waals surface area (Å²) in [6.45, 7) is 6.86. The predicted octanol–water partition coefficient (Wildman–Crippen LogP) is 3.87. The zero-order valence-electron chi connectivity index (χ0n) is 12.8. The van der Waals surface area contributed by atoms with Gasteiger partial charge in [0.25, 0.3) is 5.56 Å². The fraction of sp³-hybridized carbons (Fsp3) is 0.412. The van der Waals surface area contributed by atoms with E-state index in [2.05, 4.69) is 38.0 Å². The number of hydrogen-bond acceptors (Lipinski definition) is 2. The molecule has 0 amide bonds. The molecule has 0 aliphatic carbocycles. The second-order valence-electron chi connectivity index (χ2n) is 5.62. The molecule has 3 nitrogen and oxygen atoms in total. The van der Waals surface area contributed by atoms with Gasteiger partial charge in [-0.15, -0.1) is 11.6 Å². The molecule has 0 spiro atoms. The van der Waals surface area contributed by atoms with Gasteiger partial charge in [0, 0.05) is 17.7 Å². The van der Waals surface area contributed by atoms with Gasteiger partial charge in [-0.3, -0.25) is 4.79 Å². The number of rotatable bonds is 5. The molecule has 21 heavy (non-hydrogen) atoms. The second kappa shape index (κ2) is 6.90. The molecule has 2 aromatic rings. The quantitative estimate of drug-likeness (QED) is 0.786. The average molecular weight is 305 g/mol. The fourth-order valence-electron chi connectivity index (χ4n) is 2.21. The maximum absolute atomic E-state index is 12.2. The van der Waals surface area contributed by atoms with E-state index in [1.165, 1.54) is 10.2 Å². The van der Waals surface area contributed by atoms with Crippen molar-refractivity contribution in [3.8, 4) is 11.3 Å². The van der Waals surface area contributed by atoms with Crippen molar-refractivity contribution in [3.05, 3.63) is 51.8 Å². The Bertz CT molecular complexity index is 659. The molecule has 2 rings (SSSR count). The third-order valence-corrected chi connectivity index (χ3v) is 3.68. The van der Waals surface area contributed by atoms with Gasteiger partial charge in [-0.1, -0.05) is 45.0 Å². The molecule has 0 unspecified atom stereocenters. The zero-order chi connectivity index (χ0) is 15.4. The Hall–Kier alpha value is -1.61. The summed E-state index contributed by atoms with van der Waals surface area (Å²) >= 11 is 5.91. The maximum Gasteiger partial charge on any atom is 0.271 e. The van der Waals surface area contributed by atoms with Gasteiger partial charge in [-0.2, -0.15) is 5.10 Å². The number of nitrogens with zero attached hydrogens (tertiary/aromatic N) is 2. The summed E-state index contributed by atoms with van der Waals surface area (Å²) in [5.41, 5.74) is 3.60. The molecule has 0 saturated heterocycles. The molecule has 0 atom stereocenters. The molecule has 112 valence electrons. The number of halogens is 1. The van der Waals surface area contributed by atoms with Crippen molar-refractivity contribution in [1.29, 1.82) is 0 Å². The Balaban J connectivity index is 2.49. The first kappa shape index (κ1) is 15.8. The molecule has 4 heteroatoms. The molecule has 0 aliphatic heterocycles. The van der Waals surface area contributed by atoms with Crippen molar-refractivity contribution in [2.45, 2.75) is 39.6 Å². The lowest BCUT2D eigenvalue weighted by molar-refractivity contribution is 0.463. The molecule has 1 heterocycles. The van der Waals surface area contributed by atoms with Gasteiger partial charge in [0.1, 0.15) is 0 Å². The maximum atomic E-state index is 12.2. The van der Waals surface area contributed by atoms with Crippen LogP contribution in [-0.2, 0) is 18.8 Å². The Labute approximate surface area is 130 Å². The third-order valence-electron chi connectivity index (χ3n) is 3.39. The predicted molar refractivity (Wildman–Crippen MR) is 87.7 cm³/mol. The lowest BCUT2D eigenvalue weighted by atomic mass is 10.1. The summed E-state index contributed by atoms with van der Waals surface area (Å²) in [4.78, 5) is 12.2. The second-order valence-corrected chi connectivity index (χ2v) is 5.89. The van der Waals surface area contributed by atoms with Crippen molar-refractivity contribution in [2.24, 2.45) is 5.92 Å². The van der Waals surface area contributed by atoms with E-state index in [1.54, 1.807) is 6.07 Å². The normalized spacial score (nSPS) is 11.1. The molecule has 0 aliphatic rings. The van der Waals surface area contributed by atoms with E-state index >= 15 is 0 Å². The first-order chi connectivity index (χ1) is 10.0. The zero-order valence-corrected chi connectivity index (χ0v) is 13.5. The summed E-state index contributed by atoms with van der Waals surface area (Å²) < 4.78 is 1.53. The standard InChI is InChI=1S/C17H21ClN2O/c1-4-13-5-7-14(8-6-13)16-9-15(10-18)17(21)20(19-16)11-12(2)3/h5-9,12H,4,10-11H2,1-3H3. The molecule has 0 fully saturated rings. The Kier molecular flexibility index (Phi) is 5.18. The molecule has 1 aromatic carbocycles. The van der Waals surface area contributed by atoms with Crippen LogP contribution >= 0.6 is 11.6 Å². The SMILES string of the molecule is CCc1ccc(-c2cc(CCl)c(=O)n(CC(C)C)n2)cc1. The van der Waals surface area contributed by atoms with Gasteiger partial charge in [0.15, 0.2) is 0 Å². The monoisotopic (exact) mass is 304 g/mol. The summed E-state index contributed by atoms with van der Waals surface area (Å²) in [5.74, 6) is 0.565. The number of alkyl halides is 1. The average Bonchev–Trinajstić information content (AvgIpc) is 2.49. The van der Waals surface area contributed by atoms with Crippen LogP contribution in [0.1, 0.15) is 31.9 Å². The summed E-state index contributed by atoms with van der Waals surface area (Å²) in [6.07, 6.45) is 1.01. The fourth-order valence-corrected chi connectivity index (χ4v) is 2.41. The van der Waals surface area contributed by atoms with Gasteiger partial charge in [-0.05, 0) is 24.0 Å². The van der Waals surface area contributed by atoms with Crippen LogP contribution in [0.4, 0.5) is 0 Å². The molecule has 0 N–H and O–H groups in total. The molecule has 0 radical (unpaired) electrons. The summed E-state index contributed by atoms with van der Waals surface area (Å²) in [7, 11) is 0. The van der Waals surface area contributed by atoms with Gasteiger partial charge in [0.2, 0.25) is 0 Å². The van der Waals surface area contributed by atoms with Crippen LogP contribution in [0.3, 0.4) is 0 Å². The van der Waals surface area contributed by atoms with Crippen molar-refractivity contribution in [2.75, 3.05) is 0 Å². The van der Waals surface area contributed by atoms with E-state index in [1.807, 2.05) is 12.1 Å². The van der Waals surface area contributed by atoms with Gasteiger partial charge >= 0.3 is 0 Å². The smallest absolute Gasteiger partial charge is 0.267 e. The summed E-state index contributed by atoms with van der Waals surface area (Å²) in [6, 6.07) is 10.1. The van der Waals surface area contributed by atoms with E-state index in [4.69, 9.17) is 11.6 Å². The highest BCUT2D eigenvalue weighted by atomic mass is 35.5. The number of benzene rings is 1. The Morgan fingerprint density at radius 2 is 1.90 bits per heavy atom. The topological polar surface area (TPSA) is 34.9 Å². The van der Waals surface area contributed by atoms with E-state index < -0.39 is 0 Å². The first-order valence-corrected chi connectivity index (χ1v) is 7.85. The highest BCUT2D eigenvalue weighted by Crippen LogP contribution is 2.18. The lowest BCUT2D eigenvalue weighted by Gasteiger charge is -2.11. The number of aromatic nitrogens is 2. The Morgan fingerprint density at radius 3 is 2.43 bits per heavy atom. The van der Waals surface area contributed by atoms with E-state index in [-0.39, 0.29) is 11.4 Å². The molecular weight excluding hydrogens is 284 g/mol. The van der Waals surface area contributed by atoms with Gasteiger partial charge < -0.3 is 0 Å². The summed E-state index contributed by atoms with van der Waals surface area (Å²) in [5, 5.41) is 4.49. The van der Waals surface area contributed by atoms with Crippen LogP contribution in [0.2, 0.25) is 0 Å². The minimum absolute atomic E-state index is 0.0902. The van der Waals surface area contributed by atoms with E-state index in [0.717, 1.165) is 17.7 Å². The van der Waals surface area contributed by atoms with Crippen LogP contribution in [0.15, 0.2) is 35.1 Å². The molecule has 0 bridgehead atoms. The molecular formula is C17H21ClN2O. The van der Waals surface area contributed by atoms with E-state index in [0.29, 0.717) is 18.0 Å². The highest BCUT2D eigenvalue weighted by Gasteiger charge is 2.10. The number of hydrogen-bond donors (Lipinski definition) is 0. The Morgan fingerprint density at radius 1 is 1.24 bits per heavy atom. The molecule has 1 aromatic heterocycles. The van der Waals surface area contributed by atoms with Crippen molar-refractivity contribution >= 4 is 11.6 Å². The van der Waals surface area contributed by atoms with Crippen LogP contribution in [0, 0.1) is 5.92 Å².